The summed E-state index contributed by atoms with van der Waals surface area (Å²) < 4.78 is 29.6. The van der Waals surface area contributed by atoms with Gasteiger partial charge in [0.1, 0.15) is 17.5 Å². The van der Waals surface area contributed by atoms with E-state index in [-0.39, 0.29) is 17.3 Å². The summed E-state index contributed by atoms with van der Waals surface area (Å²) in [5.74, 6) is -2.04. The maximum absolute atomic E-state index is 13.9. The lowest BCUT2D eigenvalue weighted by Gasteiger charge is -2.30. The van der Waals surface area contributed by atoms with Crippen LogP contribution in [0.3, 0.4) is 0 Å². The number of aromatic nitrogens is 1. The normalized spacial score (nSPS) is 19.6. The highest BCUT2D eigenvalue weighted by atomic mass is 32.2. The smallest absolute Gasteiger partial charge is 0.308 e. The van der Waals surface area contributed by atoms with Crippen molar-refractivity contribution < 1.29 is 27.5 Å². The average Bonchev–Trinajstić information content (AvgIpc) is 3.43. The fraction of sp³-hybridized carbons (Fsp3) is 0.172. The van der Waals surface area contributed by atoms with Gasteiger partial charge < -0.3 is 10.1 Å². The molecule has 43 heavy (non-hydrogen) atoms. The van der Waals surface area contributed by atoms with E-state index in [9.17, 15) is 27.6 Å². The van der Waals surface area contributed by atoms with Crippen LogP contribution >= 0.6 is 23.1 Å². The molecule has 0 aliphatic carbocycles. The third-order valence-corrected chi connectivity index (χ3v) is 10.8. The molecular weight excluding hydrogens is 613 g/mol. The van der Waals surface area contributed by atoms with E-state index in [0.29, 0.717) is 27.0 Å². The van der Waals surface area contributed by atoms with Crippen molar-refractivity contribution in [1.82, 2.24) is 4.57 Å². The number of ether oxygens (including phenoxy) is 1. The molecule has 0 radical (unpaired) electrons. The van der Waals surface area contributed by atoms with Crippen LogP contribution < -0.4 is 25.0 Å². The number of carbonyl (C=O) groups is 3. The number of methoxy groups -OCH3 is 1. The van der Waals surface area contributed by atoms with Gasteiger partial charge in [-0.15, -0.1) is 0 Å². The molecule has 4 aromatic rings. The number of nitrogens with zero attached hydrogens (tertiary/aromatic N) is 2. The number of benzene rings is 3. The lowest BCUT2D eigenvalue weighted by Crippen LogP contribution is -2.33. The van der Waals surface area contributed by atoms with Gasteiger partial charge in [0.15, 0.2) is 0 Å². The van der Waals surface area contributed by atoms with Crippen molar-refractivity contribution in [1.29, 1.82) is 0 Å². The summed E-state index contributed by atoms with van der Waals surface area (Å²) in [5, 5.41) is 7.43. The van der Waals surface area contributed by atoms with Gasteiger partial charge in [0.2, 0.25) is 27.7 Å². The summed E-state index contributed by atoms with van der Waals surface area (Å²) >= 11 is 2.07. The first-order valence-electron chi connectivity index (χ1n) is 13.0. The highest BCUT2D eigenvalue weighted by Gasteiger charge is 2.56. The molecule has 14 heteroatoms. The number of thiazole rings is 1. The SMILES string of the molecule is COc1ccc(N2C(=O)C3Sc4c(sc(=O)n4CC(=O)Nc4ccc(S(N)(=O)=O)cc4)C(c4ccccc4)C3C2=O)cc1. The maximum Gasteiger partial charge on any atom is 0.308 e. The number of sulfonamides is 1. The lowest BCUT2D eigenvalue weighted by molar-refractivity contribution is -0.122. The molecule has 1 aromatic heterocycles. The number of anilines is 2. The van der Waals surface area contributed by atoms with E-state index in [4.69, 9.17) is 9.88 Å². The highest BCUT2D eigenvalue weighted by Crippen LogP contribution is 2.53. The summed E-state index contributed by atoms with van der Waals surface area (Å²) in [6, 6.07) is 21.2. The Labute approximate surface area is 254 Å². The van der Waals surface area contributed by atoms with Crippen molar-refractivity contribution >= 4 is 62.2 Å². The zero-order valence-electron chi connectivity index (χ0n) is 22.5. The van der Waals surface area contributed by atoms with E-state index in [2.05, 4.69) is 5.32 Å². The van der Waals surface area contributed by atoms with Gasteiger partial charge >= 0.3 is 4.87 Å². The molecule has 0 spiro atoms. The quantitative estimate of drug-likeness (QED) is 0.293. The zero-order chi connectivity index (χ0) is 30.5. The van der Waals surface area contributed by atoms with Crippen molar-refractivity contribution in [2.24, 2.45) is 11.1 Å². The monoisotopic (exact) mass is 636 g/mol. The second-order valence-corrected chi connectivity index (χ2v) is 13.6. The minimum Gasteiger partial charge on any atom is -0.497 e. The van der Waals surface area contributed by atoms with Crippen LogP contribution in [0, 0.1) is 5.92 Å². The fourth-order valence-corrected chi connectivity index (χ4v) is 8.62. The van der Waals surface area contributed by atoms with E-state index in [1.165, 1.54) is 40.8 Å². The van der Waals surface area contributed by atoms with Crippen LogP contribution in [-0.2, 0) is 31.0 Å². The van der Waals surface area contributed by atoms with Gasteiger partial charge in [0.05, 0.1) is 28.6 Å². The molecular formula is C29H24N4O7S3. The molecule has 220 valence electrons. The third-order valence-electron chi connectivity index (χ3n) is 7.31. The third kappa shape index (κ3) is 5.27. The van der Waals surface area contributed by atoms with Gasteiger partial charge in [0, 0.05) is 16.5 Å². The molecule has 3 aromatic carbocycles. The van der Waals surface area contributed by atoms with Crippen molar-refractivity contribution in [2.75, 3.05) is 17.3 Å². The van der Waals surface area contributed by atoms with Gasteiger partial charge in [-0.05, 0) is 54.1 Å². The van der Waals surface area contributed by atoms with Crippen LogP contribution in [0.2, 0.25) is 0 Å². The number of thioether (sulfide) groups is 1. The van der Waals surface area contributed by atoms with Gasteiger partial charge in [-0.1, -0.05) is 53.4 Å². The Morgan fingerprint density at radius 1 is 0.953 bits per heavy atom. The average molecular weight is 637 g/mol. The Kier molecular flexibility index (Phi) is 7.46. The van der Waals surface area contributed by atoms with E-state index < -0.39 is 43.8 Å². The molecule has 3 heterocycles. The van der Waals surface area contributed by atoms with E-state index in [1.807, 2.05) is 30.3 Å². The molecule has 3 unspecified atom stereocenters. The molecule has 2 aliphatic rings. The first kappa shape index (κ1) is 28.9. The first-order valence-corrected chi connectivity index (χ1v) is 16.2. The van der Waals surface area contributed by atoms with Crippen molar-refractivity contribution in [3.8, 4) is 5.75 Å². The second kappa shape index (κ2) is 11.1. The molecule has 11 nitrogen and oxygen atoms in total. The van der Waals surface area contributed by atoms with Crippen molar-refractivity contribution in [2.45, 2.75) is 27.6 Å². The van der Waals surface area contributed by atoms with Gasteiger partial charge in [-0.2, -0.15) is 0 Å². The van der Waals surface area contributed by atoms with Gasteiger partial charge in [0.25, 0.3) is 0 Å². The molecule has 0 bridgehead atoms. The molecule has 0 saturated carbocycles. The fourth-order valence-electron chi connectivity index (χ4n) is 5.33. The molecule has 1 saturated heterocycles. The summed E-state index contributed by atoms with van der Waals surface area (Å²) in [6.45, 7) is -0.349. The summed E-state index contributed by atoms with van der Waals surface area (Å²) in [7, 11) is -2.37. The number of hydrogen-bond acceptors (Lipinski definition) is 9. The van der Waals surface area contributed by atoms with Crippen LogP contribution in [0.4, 0.5) is 11.4 Å². The van der Waals surface area contributed by atoms with Crippen molar-refractivity contribution in [3.63, 3.8) is 0 Å². The van der Waals surface area contributed by atoms with Crippen molar-refractivity contribution in [3.05, 3.63) is 99.0 Å². The Morgan fingerprint density at radius 2 is 1.63 bits per heavy atom. The number of primary sulfonamides is 1. The van der Waals surface area contributed by atoms with Crippen LogP contribution in [0.5, 0.6) is 5.75 Å². The van der Waals surface area contributed by atoms with Crippen LogP contribution in [0.1, 0.15) is 16.4 Å². The number of nitrogens with two attached hydrogens (primary N) is 1. The highest BCUT2D eigenvalue weighted by molar-refractivity contribution is 8.00. The predicted molar refractivity (Wildman–Crippen MR) is 162 cm³/mol. The molecule has 3 amide bonds. The number of imide groups is 1. The standard InChI is InChI=1S/C29H24N4O7S3/c1-40-19-11-9-18(10-12-19)33-26(35)23-22(16-5-3-2-4-6-16)25-28(41-24(23)27(33)36)32(29(37)42-25)15-21(34)31-17-7-13-20(14-8-17)43(30,38)39/h2-14,22-24H,15H2,1H3,(H,31,34)(H2,30,38,39). The zero-order valence-corrected chi connectivity index (χ0v) is 24.9. The van der Waals surface area contributed by atoms with Crippen LogP contribution in [0.25, 0.3) is 0 Å². The Balaban J connectivity index is 1.34. The number of fused-ring (bicyclic) bond motifs is 2. The van der Waals surface area contributed by atoms with E-state index >= 15 is 0 Å². The number of amides is 3. The number of rotatable bonds is 7. The Hall–Kier alpha value is -4.24. The Bertz CT molecular complexity index is 1900. The molecule has 2 aliphatic heterocycles. The largest absolute Gasteiger partial charge is 0.497 e. The molecule has 3 N–H and O–H groups in total. The minimum atomic E-state index is -3.89. The van der Waals surface area contributed by atoms with Gasteiger partial charge in [-0.25, -0.2) is 18.5 Å². The Morgan fingerprint density at radius 3 is 2.26 bits per heavy atom. The summed E-state index contributed by atoms with van der Waals surface area (Å²) in [6.07, 6.45) is 0. The molecule has 1 fully saturated rings. The number of carbonyl (C=O) groups excluding carboxylic acids is 3. The minimum absolute atomic E-state index is 0.106. The first-order chi connectivity index (χ1) is 20.6. The summed E-state index contributed by atoms with van der Waals surface area (Å²) in [5.41, 5.74) is 1.52. The molecule has 6 rings (SSSR count). The molecule has 3 atom stereocenters. The van der Waals surface area contributed by atoms with E-state index in [1.54, 1.807) is 24.3 Å². The topological polar surface area (TPSA) is 158 Å². The maximum atomic E-state index is 13.9. The summed E-state index contributed by atoms with van der Waals surface area (Å²) in [4.78, 5) is 55.3. The lowest BCUT2D eigenvalue weighted by atomic mass is 9.83. The predicted octanol–water partition coefficient (Wildman–Crippen LogP) is 3.00. The number of hydrogen-bond donors (Lipinski definition) is 2. The number of nitrogens with one attached hydrogen (secondary N) is 1. The van der Waals surface area contributed by atoms with Crippen LogP contribution in [0.15, 0.2) is 93.6 Å². The second-order valence-electron chi connectivity index (χ2n) is 9.90. The van der Waals surface area contributed by atoms with Gasteiger partial charge in [-0.3, -0.25) is 23.7 Å². The van der Waals surface area contributed by atoms with E-state index in [0.717, 1.165) is 28.7 Å². The van der Waals surface area contributed by atoms with Crippen LogP contribution in [-0.4, -0.2) is 43.1 Å².